The van der Waals surface area contributed by atoms with E-state index in [1.165, 1.54) is 0 Å². The molecule has 32 heavy (non-hydrogen) atoms. The number of benzene rings is 2. The van der Waals surface area contributed by atoms with E-state index < -0.39 is 0 Å². The number of piperazine rings is 1. The molecule has 2 amide bonds. The third-order valence-electron chi connectivity index (χ3n) is 5.50. The average Bonchev–Trinajstić information content (AvgIpc) is 3.30. The van der Waals surface area contributed by atoms with E-state index in [0.717, 1.165) is 43.3 Å². The van der Waals surface area contributed by atoms with Crippen LogP contribution in [-0.2, 0) is 0 Å². The molecule has 1 aliphatic heterocycles. The van der Waals surface area contributed by atoms with Gasteiger partial charge in [0.25, 0.3) is 0 Å². The number of ether oxygens (including phenoxy) is 2. The SMILES string of the molecule is COc1ccc(NC(=O)Nc2ccc(-c3cc(N4CCN(C)CC4)n[nH]3)cc2)c(OC)c1. The zero-order valence-corrected chi connectivity index (χ0v) is 18.5. The van der Waals surface area contributed by atoms with Crippen LogP contribution in [0.2, 0.25) is 0 Å². The number of anilines is 3. The van der Waals surface area contributed by atoms with Crippen molar-refractivity contribution >= 4 is 23.2 Å². The van der Waals surface area contributed by atoms with E-state index in [9.17, 15) is 4.79 Å². The summed E-state index contributed by atoms with van der Waals surface area (Å²) in [6.45, 7) is 4.01. The zero-order valence-electron chi connectivity index (χ0n) is 18.5. The highest BCUT2D eigenvalue weighted by molar-refractivity contribution is 6.00. The van der Waals surface area contributed by atoms with E-state index in [1.807, 2.05) is 24.3 Å². The molecule has 2 aromatic carbocycles. The molecular formula is C23H28N6O3. The number of likely N-dealkylation sites (N-methyl/N-ethyl adjacent to an activating group) is 1. The Kier molecular flexibility index (Phi) is 6.46. The Hall–Kier alpha value is -3.72. The Bertz CT molecular complexity index is 1060. The van der Waals surface area contributed by atoms with E-state index in [4.69, 9.17) is 9.47 Å². The molecule has 1 aliphatic rings. The summed E-state index contributed by atoms with van der Waals surface area (Å²) in [4.78, 5) is 17.0. The van der Waals surface area contributed by atoms with Crippen LogP contribution in [0.25, 0.3) is 11.3 Å². The van der Waals surface area contributed by atoms with E-state index in [0.29, 0.717) is 22.9 Å². The molecule has 9 nitrogen and oxygen atoms in total. The molecule has 1 fully saturated rings. The van der Waals surface area contributed by atoms with Crippen molar-refractivity contribution < 1.29 is 14.3 Å². The first-order valence-corrected chi connectivity index (χ1v) is 10.4. The van der Waals surface area contributed by atoms with Gasteiger partial charge in [0, 0.05) is 44.0 Å². The number of H-pyrrole nitrogens is 1. The van der Waals surface area contributed by atoms with Crippen molar-refractivity contribution in [3.8, 4) is 22.8 Å². The highest BCUT2D eigenvalue weighted by atomic mass is 16.5. The second kappa shape index (κ2) is 9.61. The Morgan fingerprint density at radius 2 is 1.72 bits per heavy atom. The molecule has 0 unspecified atom stereocenters. The second-order valence-electron chi connectivity index (χ2n) is 7.65. The topological polar surface area (TPSA) is 94.8 Å². The number of carbonyl (C=O) groups excluding carboxylic acids is 1. The fourth-order valence-corrected chi connectivity index (χ4v) is 3.58. The maximum Gasteiger partial charge on any atom is 0.323 e. The van der Waals surface area contributed by atoms with E-state index >= 15 is 0 Å². The molecule has 0 aliphatic carbocycles. The fourth-order valence-electron chi connectivity index (χ4n) is 3.58. The highest BCUT2D eigenvalue weighted by Crippen LogP contribution is 2.29. The third-order valence-corrected chi connectivity index (χ3v) is 5.50. The van der Waals surface area contributed by atoms with Crippen molar-refractivity contribution in [3.05, 3.63) is 48.5 Å². The van der Waals surface area contributed by atoms with Crippen LogP contribution in [0.3, 0.4) is 0 Å². The number of aromatic nitrogens is 2. The van der Waals surface area contributed by atoms with Crippen molar-refractivity contribution in [1.82, 2.24) is 15.1 Å². The van der Waals surface area contributed by atoms with Crippen molar-refractivity contribution in [3.63, 3.8) is 0 Å². The summed E-state index contributed by atoms with van der Waals surface area (Å²) >= 11 is 0. The van der Waals surface area contributed by atoms with Crippen LogP contribution in [-0.4, -0.2) is 68.6 Å². The Morgan fingerprint density at radius 3 is 2.41 bits per heavy atom. The van der Waals surface area contributed by atoms with Crippen molar-refractivity contribution in [2.24, 2.45) is 0 Å². The summed E-state index contributed by atoms with van der Waals surface area (Å²) in [6.07, 6.45) is 0. The molecule has 3 aromatic rings. The number of aromatic amines is 1. The monoisotopic (exact) mass is 436 g/mol. The first kappa shape index (κ1) is 21.5. The van der Waals surface area contributed by atoms with E-state index in [1.54, 1.807) is 32.4 Å². The molecule has 0 bridgehead atoms. The zero-order chi connectivity index (χ0) is 22.5. The van der Waals surface area contributed by atoms with Gasteiger partial charge in [-0.15, -0.1) is 0 Å². The van der Waals surface area contributed by atoms with Gasteiger partial charge in [0.2, 0.25) is 0 Å². The van der Waals surface area contributed by atoms with Crippen LogP contribution >= 0.6 is 0 Å². The maximum absolute atomic E-state index is 12.4. The predicted molar refractivity (Wildman–Crippen MR) is 126 cm³/mol. The van der Waals surface area contributed by atoms with Gasteiger partial charge in [-0.1, -0.05) is 12.1 Å². The lowest BCUT2D eigenvalue weighted by Crippen LogP contribution is -2.44. The van der Waals surface area contributed by atoms with Gasteiger partial charge >= 0.3 is 6.03 Å². The summed E-state index contributed by atoms with van der Waals surface area (Å²) < 4.78 is 10.5. The summed E-state index contributed by atoms with van der Waals surface area (Å²) in [5.41, 5.74) is 3.17. The molecule has 4 rings (SSSR count). The van der Waals surface area contributed by atoms with Gasteiger partial charge < -0.3 is 29.9 Å². The lowest BCUT2D eigenvalue weighted by atomic mass is 10.1. The summed E-state index contributed by atoms with van der Waals surface area (Å²) in [7, 11) is 5.26. The normalized spacial score (nSPS) is 14.2. The third kappa shape index (κ3) is 4.94. The molecule has 0 atom stereocenters. The van der Waals surface area contributed by atoms with Gasteiger partial charge in [-0.25, -0.2) is 4.79 Å². The summed E-state index contributed by atoms with van der Waals surface area (Å²) in [5, 5.41) is 13.2. The summed E-state index contributed by atoms with van der Waals surface area (Å²) in [5.74, 6) is 2.13. The highest BCUT2D eigenvalue weighted by Gasteiger charge is 2.17. The first-order chi connectivity index (χ1) is 15.6. The molecule has 168 valence electrons. The van der Waals surface area contributed by atoms with Crippen LogP contribution in [0, 0.1) is 0 Å². The van der Waals surface area contributed by atoms with Gasteiger partial charge in [0.1, 0.15) is 11.5 Å². The van der Waals surface area contributed by atoms with Crippen LogP contribution < -0.4 is 25.0 Å². The van der Waals surface area contributed by atoms with Crippen LogP contribution in [0.4, 0.5) is 22.0 Å². The molecule has 1 saturated heterocycles. The number of rotatable bonds is 6. The van der Waals surface area contributed by atoms with Crippen LogP contribution in [0.5, 0.6) is 11.5 Å². The minimum Gasteiger partial charge on any atom is -0.497 e. The van der Waals surface area contributed by atoms with Crippen molar-refractivity contribution in [2.45, 2.75) is 0 Å². The minimum atomic E-state index is -0.361. The average molecular weight is 437 g/mol. The number of hydrogen-bond donors (Lipinski definition) is 3. The van der Waals surface area contributed by atoms with Crippen LogP contribution in [0.15, 0.2) is 48.5 Å². The Balaban J connectivity index is 1.37. The van der Waals surface area contributed by atoms with Gasteiger partial charge in [0.05, 0.1) is 25.6 Å². The molecule has 2 heterocycles. The predicted octanol–water partition coefficient (Wildman–Crippen LogP) is 3.49. The van der Waals surface area contributed by atoms with E-state index in [-0.39, 0.29) is 6.03 Å². The van der Waals surface area contributed by atoms with Crippen molar-refractivity contribution in [1.29, 1.82) is 0 Å². The quantitative estimate of drug-likeness (QED) is 0.548. The molecular weight excluding hydrogens is 408 g/mol. The van der Waals surface area contributed by atoms with Crippen molar-refractivity contribution in [2.75, 3.05) is 63.0 Å². The number of urea groups is 1. The number of hydrogen-bond acceptors (Lipinski definition) is 6. The summed E-state index contributed by atoms with van der Waals surface area (Å²) in [6, 6.07) is 14.5. The molecule has 0 spiro atoms. The second-order valence-corrected chi connectivity index (χ2v) is 7.65. The van der Waals surface area contributed by atoms with Gasteiger partial charge in [0.15, 0.2) is 5.82 Å². The number of methoxy groups -OCH3 is 2. The lowest BCUT2D eigenvalue weighted by molar-refractivity contribution is 0.262. The standard InChI is InChI=1S/C23H28N6O3/c1-28-10-12-29(13-11-28)22-15-20(26-27-22)16-4-6-17(7-5-16)24-23(30)25-19-9-8-18(31-2)14-21(19)32-3/h4-9,14-15H,10-13H2,1-3H3,(H,26,27)(H2,24,25,30). The maximum atomic E-state index is 12.4. The fraction of sp³-hybridized carbons (Fsp3) is 0.304. The Labute approximate surface area is 187 Å². The Morgan fingerprint density at radius 1 is 0.969 bits per heavy atom. The molecule has 0 radical (unpaired) electrons. The largest absolute Gasteiger partial charge is 0.497 e. The van der Waals surface area contributed by atoms with Gasteiger partial charge in [-0.05, 0) is 36.9 Å². The van der Waals surface area contributed by atoms with Gasteiger partial charge in [-0.2, -0.15) is 5.10 Å². The van der Waals surface area contributed by atoms with E-state index in [2.05, 4.69) is 43.7 Å². The number of nitrogens with zero attached hydrogens (tertiary/aromatic N) is 3. The number of nitrogens with one attached hydrogen (secondary N) is 3. The lowest BCUT2D eigenvalue weighted by Gasteiger charge is -2.32. The minimum absolute atomic E-state index is 0.361. The number of amides is 2. The number of carbonyl (C=O) groups is 1. The van der Waals surface area contributed by atoms with Crippen LogP contribution in [0.1, 0.15) is 0 Å². The molecule has 0 saturated carbocycles. The first-order valence-electron chi connectivity index (χ1n) is 10.4. The van der Waals surface area contributed by atoms with Gasteiger partial charge in [-0.3, -0.25) is 5.10 Å². The smallest absolute Gasteiger partial charge is 0.323 e. The molecule has 3 N–H and O–H groups in total. The molecule has 1 aromatic heterocycles. The molecule has 9 heteroatoms.